The second-order valence-electron chi connectivity index (χ2n) is 8.61. The van der Waals surface area contributed by atoms with Crippen molar-refractivity contribution in [3.05, 3.63) is 84.2 Å². The summed E-state index contributed by atoms with van der Waals surface area (Å²) in [5.74, 6) is -0.400. The van der Waals surface area contributed by atoms with E-state index in [9.17, 15) is 12.8 Å². The largest absolute Gasteiger partial charge is 0.456 e. The summed E-state index contributed by atoms with van der Waals surface area (Å²) in [4.78, 5) is 8.07. The Kier molecular flexibility index (Phi) is 5.69. The molecule has 0 amide bonds. The van der Waals surface area contributed by atoms with Crippen molar-refractivity contribution in [1.82, 2.24) is 15.3 Å². The number of halogens is 1. The van der Waals surface area contributed by atoms with Gasteiger partial charge in [0.1, 0.15) is 17.7 Å². The highest BCUT2D eigenvalue weighted by Crippen LogP contribution is 2.46. The predicted octanol–water partition coefficient (Wildman–Crippen LogP) is 4.34. The molecule has 4 rings (SSSR count). The fourth-order valence-electron chi connectivity index (χ4n) is 3.95. The Morgan fingerprint density at radius 2 is 1.70 bits per heavy atom. The molecule has 0 radical (unpaired) electrons. The minimum absolute atomic E-state index is 0.166. The first-order chi connectivity index (χ1) is 15.5. The molecule has 7 nitrogen and oxygen atoms in total. The standard InChI is InChI=1S/C24H25FN4O3S/c1-16(20-10-5-6-11-21(20)25)28-22-29-33(30,31)24(4,23(2,3)32-22)19-9-7-8-17(12-19)18-13-26-15-27-14-18/h5-16H,1-4H3,(H,28,29)/t16-,24?/m0/s1. The van der Waals surface area contributed by atoms with Crippen LogP contribution >= 0.6 is 0 Å². The zero-order valence-electron chi connectivity index (χ0n) is 18.8. The molecule has 0 saturated heterocycles. The van der Waals surface area contributed by atoms with Gasteiger partial charge in [0.05, 0.1) is 6.04 Å². The summed E-state index contributed by atoms with van der Waals surface area (Å²) in [6.07, 6.45) is 4.76. The van der Waals surface area contributed by atoms with Crippen molar-refractivity contribution in [2.75, 3.05) is 0 Å². The molecule has 0 spiro atoms. The number of amidine groups is 1. The van der Waals surface area contributed by atoms with Crippen molar-refractivity contribution in [2.45, 2.75) is 44.1 Å². The number of hydrogen-bond donors (Lipinski definition) is 1. The number of rotatable bonds is 4. The second-order valence-corrected chi connectivity index (χ2v) is 10.6. The van der Waals surface area contributed by atoms with Crippen LogP contribution in [0.5, 0.6) is 0 Å². The summed E-state index contributed by atoms with van der Waals surface area (Å²) in [5, 5.41) is 2.91. The van der Waals surface area contributed by atoms with Crippen molar-refractivity contribution < 1.29 is 17.5 Å². The molecule has 3 aromatic rings. The van der Waals surface area contributed by atoms with Crippen LogP contribution < -0.4 is 5.32 Å². The van der Waals surface area contributed by atoms with Gasteiger partial charge < -0.3 is 10.1 Å². The molecule has 0 bridgehead atoms. The molecule has 1 aromatic heterocycles. The maximum Gasteiger partial charge on any atom is 0.301 e. The molecule has 2 aromatic carbocycles. The van der Waals surface area contributed by atoms with Crippen LogP contribution in [0.2, 0.25) is 0 Å². The molecule has 0 aliphatic carbocycles. The third-order valence-corrected chi connectivity index (χ3v) is 8.40. The van der Waals surface area contributed by atoms with Crippen LogP contribution in [0.15, 0.2) is 71.6 Å². The fourth-order valence-corrected chi connectivity index (χ4v) is 5.53. The third-order valence-electron chi connectivity index (χ3n) is 6.24. The molecule has 2 heterocycles. The normalized spacial score (nSPS) is 22.0. The number of nitrogens with zero attached hydrogens (tertiary/aromatic N) is 3. The topological polar surface area (TPSA) is 93.5 Å². The Balaban J connectivity index is 1.73. The van der Waals surface area contributed by atoms with E-state index in [4.69, 9.17) is 4.74 Å². The van der Waals surface area contributed by atoms with Gasteiger partial charge in [-0.25, -0.2) is 22.8 Å². The van der Waals surface area contributed by atoms with Gasteiger partial charge in [-0.3, -0.25) is 0 Å². The minimum atomic E-state index is -4.09. The number of benzene rings is 2. The molecule has 1 aliphatic heterocycles. The van der Waals surface area contributed by atoms with Crippen molar-refractivity contribution in [3.63, 3.8) is 0 Å². The van der Waals surface area contributed by atoms with Gasteiger partial charge in [-0.05, 0) is 51.0 Å². The van der Waals surface area contributed by atoms with Crippen LogP contribution in [0, 0.1) is 5.82 Å². The molecule has 0 saturated carbocycles. The Labute approximate surface area is 192 Å². The van der Waals surface area contributed by atoms with E-state index in [2.05, 4.69) is 19.7 Å². The lowest BCUT2D eigenvalue weighted by Gasteiger charge is -2.45. The lowest BCUT2D eigenvalue weighted by molar-refractivity contribution is 0.0399. The van der Waals surface area contributed by atoms with E-state index in [1.807, 2.05) is 6.07 Å². The quantitative estimate of drug-likeness (QED) is 0.612. The monoisotopic (exact) mass is 468 g/mol. The highest BCUT2D eigenvalue weighted by molar-refractivity contribution is 7.91. The van der Waals surface area contributed by atoms with Gasteiger partial charge in [0.25, 0.3) is 10.0 Å². The SMILES string of the molecule is C[C@H](NC1=NS(=O)(=O)C(C)(c2cccc(-c3cncnc3)c2)C(C)(C)O1)c1ccccc1F. The van der Waals surface area contributed by atoms with Crippen LogP contribution in [0.3, 0.4) is 0 Å². The molecule has 1 aliphatic rings. The highest BCUT2D eigenvalue weighted by Gasteiger charge is 2.58. The number of nitrogens with one attached hydrogen (secondary N) is 1. The molecule has 1 N–H and O–H groups in total. The molecule has 172 valence electrons. The van der Waals surface area contributed by atoms with Crippen LogP contribution in [-0.4, -0.2) is 30.0 Å². The summed E-state index contributed by atoms with van der Waals surface area (Å²) in [5.41, 5.74) is 1.25. The lowest BCUT2D eigenvalue weighted by atomic mass is 9.84. The Bertz CT molecular complexity index is 1310. The highest BCUT2D eigenvalue weighted by atomic mass is 32.2. The maximum absolute atomic E-state index is 14.2. The first-order valence-electron chi connectivity index (χ1n) is 10.5. The molecule has 9 heteroatoms. The van der Waals surface area contributed by atoms with Crippen LogP contribution in [0.4, 0.5) is 4.39 Å². The predicted molar refractivity (Wildman–Crippen MR) is 124 cm³/mol. The smallest absolute Gasteiger partial charge is 0.301 e. The summed E-state index contributed by atoms with van der Waals surface area (Å²) < 4.78 is 49.8. The number of hydrogen-bond acceptors (Lipinski definition) is 6. The molecule has 1 unspecified atom stereocenters. The van der Waals surface area contributed by atoms with Crippen LogP contribution in [0.1, 0.15) is 44.9 Å². The van der Waals surface area contributed by atoms with Gasteiger partial charge in [-0.2, -0.15) is 0 Å². The maximum atomic E-state index is 14.2. The van der Waals surface area contributed by atoms with E-state index in [1.54, 1.807) is 76.5 Å². The molecule has 2 atom stereocenters. The summed E-state index contributed by atoms with van der Waals surface area (Å²) in [7, 11) is -4.09. The van der Waals surface area contributed by atoms with E-state index >= 15 is 0 Å². The Morgan fingerprint density at radius 3 is 2.36 bits per heavy atom. The van der Waals surface area contributed by atoms with Crippen molar-refractivity contribution in [3.8, 4) is 11.1 Å². The van der Waals surface area contributed by atoms with Crippen LogP contribution in [0.25, 0.3) is 11.1 Å². The van der Waals surface area contributed by atoms with Gasteiger partial charge >= 0.3 is 6.02 Å². The Morgan fingerprint density at radius 1 is 1.00 bits per heavy atom. The molecular weight excluding hydrogens is 443 g/mol. The zero-order valence-corrected chi connectivity index (χ0v) is 19.6. The number of aromatic nitrogens is 2. The van der Waals surface area contributed by atoms with E-state index in [-0.39, 0.29) is 6.02 Å². The summed E-state index contributed by atoms with van der Waals surface area (Å²) in [6, 6.07) is 12.7. The van der Waals surface area contributed by atoms with Crippen molar-refractivity contribution >= 4 is 16.0 Å². The number of ether oxygens (including phenoxy) is 1. The van der Waals surface area contributed by atoms with Crippen LogP contribution in [-0.2, 0) is 19.5 Å². The van der Waals surface area contributed by atoms with Gasteiger partial charge in [-0.15, -0.1) is 4.40 Å². The zero-order chi connectivity index (χ0) is 23.9. The van der Waals surface area contributed by atoms with Gasteiger partial charge in [-0.1, -0.05) is 36.4 Å². The second kappa shape index (κ2) is 8.22. The van der Waals surface area contributed by atoms with E-state index in [0.717, 1.165) is 11.1 Å². The minimum Gasteiger partial charge on any atom is -0.456 e. The molecule has 0 fully saturated rings. The summed E-state index contributed by atoms with van der Waals surface area (Å²) in [6.45, 7) is 6.71. The van der Waals surface area contributed by atoms with E-state index in [1.165, 1.54) is 12.4 Å². The molecular formula is C24H25FN4O3S. The summed E-state index contributed by atoms with van der Waals surface area (Å²) >= 11 is 0. The fraction of sp³-hybridized carbons (Fsp3) is 0.292. The third kappa shape index (κ3) is 3.97. The average molecular weight is 469 g/mol. The first-order valence-corrected chi connectivity index (χ1v) is 11.9. The van der Waals surface area contributed by atoms with Gasteiger partial charge in [0.2, 0.25) is 0 Å². The van der Waals surface area contributed by atoms with Crippen molar-refractivity contribution in [1.29, 1.82) is 0 Å². The van der Waals surface area contributed by atoms with Gasteiger partial charge in [0, 0.05) is 23.5 Å². The van der Waals surface area contributed by atoms with Crippen molar-refractivity contribution in [2.24, 2.45) is 4.40 Å². The average Bonchev–Trinajstić information content (AvgIpc) is 2.78. The van der Waals surface area contributed by atoms with E-state index in [0.29, 0.717) is 11.1 Å². The van der Waals surface area contributed by atoms with Gasteiger partial charge in [0.15, 0.2) is 4.75 Å². The van der Waals surface area contributed by atoms with E-state index < -0.39 is 32.2 Å². The number of sulfonamides is 1. The first kappa shape index (κ1) is 22.8. The molecule has 33 heavy (non-hydrogen) atoms. The lowest BCUT2D eigenvalue weighted by Crippen LogP contribution is -2.57. The Hall–Kier alpha value is -3.33.